The lowest BCUT2D eigenvalue weighted by Gasteiger charge is -2.28. The Morgan fingerprint density at radius 3 is 2.27 bits per heavy atom. The molecule has 0 radical (unpaired) electrons. The highest BCUT2D eigenvalue weighted by molar-refractivity contribution is 5.62. The lowest BCUT2D eigenvalue weighted by molar-refractivity contribution is -0.137. The van der Waals surface area contributed by atoms with Crippen LogP contribution in [-0.2, 0) is 6.18 Å². The summed E-state index contributed by atoms with van der Waals surface area (Å²) in [6.07, 6.45) is -1.25. The minimum Gasteiger partial charge on any atom is -0.366 e. The monoisotopic (exact) mass is 308 g/mol. The second-order valence-corrected chi connectivity index (χ2v) is 5.05. The Morgan fingerprint density at radius 2 is 1.64 bits per heavy atom. The SMILES string of the molecule is FC(F)(F)c1ccccc1-c1ncc(N2CCNCC2)cn1. The molecule has 22 heavy (non-hydrogen) atoms. The van der Waals surface area contributed by atoms with Gasteiger partial charge in [0.05, 0.1) is 23.6 Å². The zero-order valence-corrected chi connectivity index (χ0v) is 11.8. The lowest BCUT2D eigenvalue weighted by atomic mass is 10.1. The fourth-order valence-electron chi connectivity index (χ4n) is 2.47. The number of hydrogen-bond acceptors (Lipinski definition) is 4. The predicted molar refractivity (Wildman–Crippen MR) is 77.6 cm³/mol. The Labute approximate surface area is 126 Å². The minimum atomic E-state index is -4.42. The molecule has 0 unspecified atom stereocenters. The summed E-state index contributed by atoms with van der Waals surface area (Å²) >= 11 is 0. The van der Waals surface area contributed by atoms with E-state index in [4.69, 9.17) is 0 Å². The molecule has 1 aliphatic heterocycles. The van der Waals surface area contributed by atoms with Crippen molar-refractivity contribution in [1.29, 1.82) is 0 Å². The molecule has 1 N–H and O–H groups in total. The zero-order valence-electron chi connectivity index (χ0n) is 11.8. The molecule has 7 heteroatoms. The highest BCUT2D eigenvalue weighted by Gasteiger charge is 2.34. The van der Waals surface area contributed by atoms with E-state index in [1.54, 1.807) is 18.5 Å². The van der Waals surface area contributed by atoms with Crippen molar-refractivity contribution in [2.75, 3.05) is 31.1 Å². The van der Waals surface area contributed by atoms with E-state index in [-0.39, 0.29) is 11.4 Å². The third kappa shape index (κ3) is 3.04. The molecule has 1 aromatic heterocycles. The van der Waals surface area contributed by atoms with Crippen LogP contribution in [0.3, 0.4) is 0 Å². The number of hydrogen-bond donors (Lipinski definition) is 1. The summed E-state index contributed by atoms with van der Waals surface area (Å²) in [6.45, 7) is 3.42. The van der Waals surface area contributed by atoms with Crippen molar-refractivity contribution in [3.63, 3.8) is 0 Å². The van der Waals surface area contributed by atoms with Gasteiger partial charge in [-0.3, -0.25) is 0 Å². The molecule has 2 heterocycles. The Hall–Kier alpha value is -2.15. The van der Waals surface area contributed by atoms with Gasteiger partial charge in [0, 0.05) is 31.7 Å². The number of benzene rings is 1. The summed E-state index contributed by atoms with van der Waals surface area (Å²) < 4.78 is 39.1. The van der Waals surface area contributed by atoms with Gasteiger partial charge in [-0.15, -0.1) is 0 Å². The summed E-state index contributed by atoms with van der Waals surface area (Å²) in [6, 6.07) is 5.35. The summed E-state index contributed by atoms with van der Waals surface area (Å²) in [4.78, 5) is 10.4. The number of rotatable bonds is 2. The summed E-state index contributed by atoms with van der Waals surface area (Å²) in [7, 11) is 0. The summed E-state index contributed by atoms with van der Waals surface area (Å²) in [5.74, 6) is 0.0896. The van der Waals surface area contributed by atoms with E-state index in [9.17, 15) is 13.2 Å². The number of nitrogens with one attached hydrogen (secondary N) is 1. The molecule has 0 saturated carbocycles. The first-order chi connectivity index (χ1) is 10.6. The van der Waals surface area contributed by atoms with Gasteiger partial charge in [0.25, 0.3) is 0 Å². The van der Waals surface area contributed by atoms with Gasteiger partial charge in [-0.2, -0.15) is 13.2 Å². The van der Waals surface area contributed by atoms with Crippen LogP contribution in [-0.4, -0.2) is 36.1 Å². The van der Waals surface area contributed by atoms with Gasteiger partial charge in [-0.1, -0.05) is 18.2 Å². The molecule has 0 atom stereocenters. The molecular weight excluding hydrogens is 293 g/mol. The fourth-order valence-corrected chi connectivity index (χ4v) is 2.47. The van der Waals surface area contributed by atoms with Crippen molar-refractivity contribution in [2.24, 2.45) is 0 Å². The van der Waals surface area contributed by atoms with Crippen LogP contribution in [0.2, 0.25) is 0 Å². The first kappa shape index (κ1) is 14.8. The molecule has 0 bridgehead atoms. The average Bonchev–Trinajstić information content (AvgIpc) is 2.55. The second-order valence-electron chi connectivity index (χ2n) is 5.05. The number of halogens is 3. The first-order valence-corrected chi connectivity index (χ1v) is 7.00. The van der Waals surface area contributed by atoms with Crippen LogP contribution in [0, 0.1) is 0 Å². The van der Waals surface area contributed by atoms with Crippen molar-refractivity contribution in [3.05, 3.63) is 42.2 Å². The van der Waals surface area contributed by atoms with Crippen LogP contribution in [0.1, 0.15) is 5.56 Å². The number of piperazine rings is 1. The van der Waals surface area contributed by atoms with Crippen molar-refractivity contribution in [3.8, 4) is 11.4 Å². The largest absolute Gasteiger partial charge is 0.417 e. The van der Waals surface area contributed by atoms with Crippen molar-refractivity contribution in [2.45, 2.75) is 6.18 Å². The molecule has 4 nitrogen and oxygen atoms in total. The van der Waals surface area contributed by atoms with Crippen LogP contribution in [0.4, 0.5) is 18.9 Å². The Bertz CT molecular complexity index is 634. The van der Waals surface area contributed by atoms with Crippen molar-refractivity contribution in [1.82, 2.24) is 15.3 Å². The van der Waals surface area contributed by atoms with Crippen molar-refractivity contribution >= 4 is 5.69 Å². The molecule has 116 valence electrons. The van der Waals surface area contributed by atoms with E-state index in [0.29, 0.717) is 0 Å². The third-order valence-corrected chi connectivity index (χ3v) is 3.59. The van der Waals surface area contributed by atoms with Gasteiger partial charge in [0.15, 0.2) is 5.82 Å². The number of alkyl halides is 3. The van der Waals surface area contributed by atoms with Crippen LogP contribution < -0.4 is 10.2 Å². The Kier molecular flexibility index (Phi) is 3.98. The van der Waals surface area contributed by atoms with Gasteiger partial charge in [-0.05, 0) is 6.07 Å². The van der Waals surface area contributed by atoms with E-state index in [1.165, 1.54) is 12.1 Å². The summed E-state index contributed by atoms with van der Waals surface area (Å²) in [5.41, 5.74) is 0.113. The molecule has 1 aromatic carbocycles. The lowest BCUT2D eigenvalue weighted by Crippen LogP contribution is -2.43. The molecule has 1 aliphatic rings. The van der Waals surface area contributed by atoms with Crippen LogP contribution in [0.5, 0.6) is 0 Å². The molecule has 1 fully saturated rings. The maximum atomic E-state index is 13.0. The van der Waals surface area contributed by atoms with Gasteiger partial charge in [0.1, 0.15) is 0 Å². The van der Waals surface area contributed by atoms with E-state index >= 15 is 0 Å². The van der Waals surface area contributed by atoms with E-state index in [1.807, 2.05) is 0 Å². The zero-order chi connectivity index (χ0) is 15.6. The maximum Gasteiger partial charge on any atom is 0.417 e. The molecule has 3 rings (SSSR count). The molecule has 2 aromatic rings. The van der Waals surface area contributed by atoms with Crippen LogP contribution in [0.25, 0.3) is 11.4 Å². The first-order valence-electron chi connectivity index (χ1n) is 7.00. The van der Waals surface area contributed by atoms with E-state index < -0.39 is 11.7 Å². The van der Waals surface area contributed by atoms with Crippen LogP contribution >= 0.6 is 0 Å². The van der Waals surface area contributed by atoms with Gasteiger partial charge < -0.3 is 10.2 Å². The van der Waals surface area contributed by atoms with E-state index in [2.05, 4.69) is 20.2 Å². The van der Waals surface area contributed by atoms with Gasteiger partial charge >= 0.3 is 6.18 Å². The third-order valence-electron chi connectivity index (χ3n) is 3.59. The minimum absolute atomic E-state index is 0.00172. The van der Waals surface area contributed by atoms with Gasteiger partial charge in [0.2, 0.25) is 0 Å². The number of aromatic nitrogens is 2. The topological polar surface area (TPSA) is 41.1 Å². The second kappa shape index (κ2) is 5.92. The molecule has 0 aliphatic carbocycles. The fraction of sp³-hybridized carbons (Fsp3) is 0.333. The summed E-state index contributed by atoms with van der Waals surface area (Å²) in [5, 5.41) is 3.24. The quantitative estimate of drug-likeness (QED) is 0.926. The number of nitrogens with zero attached hydrogens (tertiary/aromatic N) is 3. The standard InChI is InChI=1S/C15H15F3N4/c16-15(17,18)13-4-2-1-3-12(13)14-20-9-11(10-21-14)22-7-5-19-6-8-22/h1-4,9-10,19H,5-8H2. The normalized spacial score (nSPS) is 15.9. The molecule has 0 spiro atoms. The molecule has 1 saturated heterocycles. The molecular formula is C15H15F3N4. The highest BCUT2D eigenvalue weighted by Crippen LogP contribution is 2.35. The molecule has 0 amide bonds. The van der Waals surface area contributed by atoms with Crippen LogP contribution in [0.15, 0.2) is 36.7 Å². The van der Waals surface area contributed by atoms with Gasteiger partial charge in [-0.25, -0.2) is 9.97 Å². The Morgan fingerprint density at radius 1 is 1.00 bits per heavy atom. The van der Waals surface area contributed by atoms with E-state index in [0.717, 1.165) is 37.9 Å². The highest BCUT2D eigenvalue weighted by atomic mass is 19.4. The number of anilines is 1. The average molecular weight is 308 g/mol. The predicted octanol–water partition coefficient (Wildman–Crippen LogP) is 2.57. The maximum absolute atomic E-state index is 13.0. The smallest absolute Gasteiger partial charge is 0.366 e. The van der Waals surface area contributed by atoms with Crippen molar-refractivity contribution < 1.29 is 13.2 Å². The Balaban J connectivity index is 1.90.